The van der Waals surface area contributed by atoms with E-state index in [1.54, 1.807) is 6.92 Å². The molecule has 0 N–H and O–H groups in total. The molecule has 94 valence electrons. The number of hydrogen-bond acceptors (Lipinski definition) is 4. The monoisotopic (exact) mass is 230 g/mol. The molecule has 0 rings (SSSR count). The average Bonchev–Trinajstić information content (AvgIpc) is 2.14. The number of esters is 2. The summed E-state index contributed by atoms with van der Waals surface area (Å²) < 4.78 is 10.0. The molecule has 0 heterocycles. The third-order valence-electron chi connectivity index (χ3n) is 2.45. The van der Waals surface area contributed by atoms with E-state index in [1.165, 1.54) is 6.92 Å². The van der Waals surface area contributed by atoms with E-state index in [2.05, 4.69) is 0 Å². The summed E-state index contributed by atoms with van der Waals surface area (Å²) in [7, 11) is 0. The summed E-state index contributed by atoms with van der Waals surface area (Å²) in [4.78, 5) is 21.8. The van der Waals surface area contributed by atoms with Gasteiger partial charge in [0.2, 0.25) is 0 Å². The second kappa shape index (κ2) is 6.51. The highest BCUT2D eigenvalue weighted by atomic mass is 16.5. The predicted octanol–water partition coefficient (Wildman–Crippen LogP) is 2.17. The molecule has 0 bridgehead atoms. The number of ether oxygens (including phenoxy) is 2. The van der Waals surface area contributed by atoms with Crippen molar-refractivity contribution >= 4 is 11.9 Å². The van der Waals surface area contributed by atoms with Gasteiger partial charge in [-0.2, -0.15) is 0 Å². The predicted molar refractivity (Wildman–Crippen MR) is 60.8 cm³/mol. The lowest BCUT2D eigenvalue weighted by molar-refractivity contribution is -0.149. The molecule has 0 fully saturated rings. The molecule has 0 amide bonds. The minimum Gasteiger partial charge on any atom is -0.465 e. The number of carbonyl (C=O) groups is 2. The van der Waals surface area contributed by atoms with Crippen molar-refractivity contribution in [1.29, 1.82) is 0 Å². The van der Waals surface area contributed by atoms with Crippen LogP contribution in [-0.2, 0) is 19.1 Å². The van der Waals surface area contributed by atoms with Crippen molar-refractivity contribution in [3.05, 3.63) is 0 Å². The molecule has 0 aromatic heterocycles. The zero-order valence-corrected chi connectivity index (χ0v) is 10.8. The standard InChI is InChI=1S/C12H22O4/c1-6-11(14)16-8-10(12(3,4)5)7-15-9(2)13/h10H,6-8H2,1-5H3. The smallest absolute Gasteiger partial charge is 0.305 e. The van der Waals surface area contributed by atoms with Crippen LogP contribution in [0.1, 0.15) is 41.0 Å². The van der Waals surface area contributed by atoms with Crippen LogP contribution in [0.5, 0.6) is 0 Å². The Bertz CT molecular complexity index is 240. The topological polar surface area (TPSA) is 52.6 Å². The lowest BCUT2D eigenvalue weighted by Gasteiger charge is -2.29. The Morgan fingerprint density at radius 3 is 2.00 bits per heavy atom. The quantitative estimate of drug-likeness (QED) is 0.679. The molecule has 0 spiro atoms. The number of hydrogen-bond donors (Lipinski definition) is 0. The molecule has 0 aliphatic carbocycles. The fraction of sp³-hybridized carbons (Fsp3) is 0.833. The maximum absolute atomic E-state index is 11.1. The van der Waals surface area contributed by atoms with Gasteiger partial charge in [-0.3, -0.25) is 9.59 Å². The lowest BCUT2D eigenvalue weighted by Crippen LogP contribution is -2.31. The summed E-state index contributed by atoms with van der Waals surface area (Å²) >= 11 is 0. The van der Waals surface area contributed by atoms with Crippen molar-refractivity contribution in [2.75, 3.05) is 13.2 Å². The fourth-order valence-electron chi connectivity index (χ4n) is 1.06. The van der Waals surface area contributed by atoms with Crippen LogP contribution in [0, 0.1) is 11.3 Å². The summed E-state index contributed by atoms with van der Waals surface area (Å²) in [5.74, 6) is -0.514. The molecule has 0 aromatic carbocycles. The molecular weight excluding hydrogens is 208 g/mol. The highest BCUT2D eigenvalue weighted by Gasteiger charge is 2.27. The second-order valence-electron chi connectivity index (χ2n) is 4.90. The van der Waals surface area contributed by atoms with Crippen LogP contribution in [0.25, 0.3) is 0 Å². The first-order valence-electron chi connectivity index (χ1n) is 5.56. The molecule has 4 nitrogen and oxygen atoms in total. The summed E-state index contributed by atoms with van der Waals surface area (Å²) in [6.45, 7) is 9.79. The zero-order valence-electron chi connectivity index (χ0n) is 10.8. The van der Waals surface area contributed by atoms with Gasteiger partial charge in [-0.25, -0.2) is 0 Å². The average molecular weight is 230 g/mol. The van der Waals surface area contributed by atoms with Crippen LogP contribution in [0.15, 0.2) is 0 Å². The van der Waals surface area contributed by atoms with Gasteiger partial charge in [0.05, 0.1) is 13.2 Å². The van der Waals surface area contributed by atoms with E-state index in [-0.39, 0.29) is 29.9 Å². The first-order valence-corrected chi connectivity index (χ1v) is 5.56. The molecular formula is C12H22O4. The van der Waals surface area contributed by atoms with E-state index in [1.807, 2.05) is 20.8 Å². The summed E-state index contributed by atoms with van der Waals surface area (Å²) in [5, 5.41) is 0. The summed E-state index contributed by atoms with van der Waals surface area (Å²) in [5.41, 5.74) is -0.0660. The van der Waals surface area contributed by atoms with Crippen molar-refractivity contribution in [1.82, 2.24) is 0 Å². The first-order chi connectivity index (χ1) is 7.27. The Hall–Kier alpha value is -1.06. The maximum atomic E-state index is 11.1. The lowest BCUT2D eigenvalue weighted by atomic mass is 9.82. The van der Waals surface area contributed by atoms with Crippen LogP contribution in [-0.4, -0.2) is 25.2 Å². The van der Waals surface area contributed by atoms with Gasteiger partial charge in [0.25, 0.3) is 0 Å². The summed E-state index contributed by atoms with van der Waals surface area (Å²) in [6.07, 6.45) is 0.366. The highest BCUT2D eigenvalue weighted by Crippen LogP contribution is 2.26. The fourth-order valence-corrected chi connectivity index (χ4v) is 1.06. The second-order valence-corrected chi connectivity index (χ2v) is 4.90. The van der Waals surface area contributed by atoms with E-state index >= 15 is 0 Å². The minimum absolute atomic E-state index is 0.0203. The third kappa shape index (κ3) is 6.43. The van der Waals surface area contributed by atoms with Crippen molar-refractivity contribution in [3.63, 3.8) is 0 Å². The molecule has 0 aliphatic rings. The molecule has 0 aromatic rings. The third-order valence-corrected chi connectivity index (χ3v) is 2.45. The first kappa shape index (κ1) is 14.9. The summed E-state index contributed by atoms with van der Waals surface area (Å²) in [6, 6.07) is 0. The maximum Gasteiger partial charge on any atom is 0.305 e. The Kier molecular flexibility index (Phi) is 6.08. The molecule has 1 unspecified atom stereocenters. The highest BCUT2D eigenvalue weighted by molar-refractivity contribution is 5.68. The normalized spacial score (nSPS) is 13.1. The van der Waals surface area contributed by atoms with E-state index in [4.69, 9.17) is 9.47 Å². The van der Waals surface area contributed by atoms with Crippen molar-refractivity contribution < 1.29 is 19.1 Å². The van der Waals surface area contributed by atoms with Crippen LogP contribution in [0.2, 0.25) is 0 Å². The molecule has 16 heavy (non-hydrogen) atoms. The Morgan fingerprint density at radius 2 is 1.62 bits per heavy atom. The van der Waals surface area contributed by atoms with Gasteiger partial charge in [-0.1, -0.05) is 27.7 Å². The Morgan fingerprint density at radius 1 is 1.12 bits per heavy atom. The van der Waals surface area contributed by atoms with Crippen molar-refractivity contribution in [3.8, 4) is 0 Å². The van der Waals surface area contributed by atoms with Gasteiger partial charge >= 0.3 is 11.9 Å². The molecule has 0 radical (unpaired) electrons. The van der Waals surface area contributed by atoms with Crippen LogP contribution >= 0.6 is 0 Å². The molecule has 0 saturated carbocycles. The van der Waals surface area contributed by atoms with E-state index in [0.717, 1.165) is 0 Å². The molecule has 1 atom stereocenters. The van der Waals surface area contributed by atoms with Gasteiger partial charge in [0.1, 0.15) is 0 Å². The molecule has 0 saturated heterocycles. The molecule has 0 aliphatic heterocycles. The van der Waals surface area contributed by atoms with Gasteiger partial charge in [0.15, 0.2) is 0 Å². The minimum atomic E-state index is -0.309. The number of carbonyl (C=O) groups excluding carboxylic acids is 2. The largest absolute Gasteiger partial charge is 0.465 e. The van der Waals surface area contributed by atoms with Gasteiger partial charge in [0, 0.05) is 19.3 Å². The SMILES string of the molecule is CCC(=O)OCC(COC(C)=O)C(C)(C)C. The van der Waals surface area contributed by atoms with Crippen LogP contribution in [0.3, 0.4) is 0 Å². The van der Waals surface area contributed by atoms with Crippen molar-refractivity contribution in [2.24, 2.45) is 11.3 Å². The van der Waals surface area contributed by atoms with Crippen molar-refractivity contribution in [2.45, 2.75) is 41.0 Å². The zero-order chi connectivity index (χ0) is 12.8. The molecule has 4 heteroatoms. The van der Waals surface area contributed by atoms with Gasteiger partial charge < -0.3 is 9.47 Å². The van der Waals surface area contributed by atoms with Crippen LogP contribution in [0.4, 0.5) is 0 Å². The van der Waals surface area contributed by atoms with E-state index < -0.39 is 0 Å². The van der Waals surface area contributed by atoms with E-state index in [9.17, 15) is 9.59 Å². The van der Waals surface area contributed by atoms with Gasteiger partial charge in [-0.15, -0.1) is 0 Å². The Labute approximate surface area is 97.3 Å². The van der Waals surface area contributed by atoms with Gasteiger partial charge in [-0.05, 0) is 5.41 Å². The van der Waals surface area contributed by atoms with Crippen LogP contribution < -0.4 is 0 Å². The van der Waals surface area contributed by atoms with E-state index in [0.29, 0.717) is 13.0 Å². The Balaban J connectivity index is 4.22. The number of rotatable bonds is 5.